The van der Waals surface area contributed by atoms with Crippen LogP contribution in [0, 0.1) is 0 Å². The Bertz CT molecular complexity index is 805. The first-order chi connectivity index (χ1) is 12.3. The zero-order valence-corrected chi connectivity index (χ0v) is 14.3. The van der Waals surface area contributed by atoms with E-state index in [0.717, 1.165) is 28.3 Å². The summed E-state index contributed by atoms with van der Waals surface area (Å²) in [4.78, 5) is 0. The largest absolute Gasteiger partial charge is 0.497 e. The van der Waals surface area contributed by atoms with Gasteiger partial charge in [0, 0.05) is 17.2 Å². The van der Waals surface area contributed by atoms with Crippen molar-refractivity contribution >= 4 is 11.4 Å². The number of hydrazone groups is 1. The molecule has 0 amide bonds. The number of benzene rings is 3. The number of ether oxygens (including phenoxy) is 2. The summed E-state index contributed by atoms with van der Waals surface area (Å²) >= 11 is 0. The van der Waals surface area contributed by atoms with E-state index in [9.17, 15) is 0 Å². The summed E-state index contributed by atoms with van der Waals surface area (Å²) in [7, 11) is 3.26. The molecule has 4 nitrogen and oxygen atoms in total. The van der Waals surface area contributed by atoms with E-state index in [1.165, 1.54) is 0 Å². The van der Waals surface area contributed by atoms with E-state index in [1.807, 2.05) is 78.9 Å². The number of hydrogen-bond donors (Lipinski definition) is 1. The summed E-state index contributed by atoms with van der Waals surface area (Å²) in [6.45, 7) is 0. The molecule has 0 saturated carbocycles. The SMILES string of the molecule is COc1ccc(OC)c(NN=C(c2ccccc2)c2ccccc2)c1. The van der Waals surface area contributed by atoms with Crippen molar-refractivity contribution in [2.24, 2.45) is 5.10 Å². The smallest absolute Gasteiger partial charge is 0.144 e. The first-order valence-electron chi connectivity index (χ1n) is 7.98. The molecule has 25 heavy (non-hydrogen) atoms. The van der Waals surface area contributed by atoms with Crippen molar-refractivity contribution in [3.05, 3.63) is 90.0 Å². The van der Waals surface area contributed by atoms with Gasteiger partial charge in [-0.1, -0.05) is 60.7 Å². The molecule has 0 bridgehead atoms. The summed E-state index contributed by atoms with van der Waals surface area (Å²) in [6.07, 6.45) is 0. The second-order valence-electron chi connectivity index (χ2n) is 5.37. The fraction of sp³-hybridized carbons (Fsp3) is 0.0952. The van der Waals surface area contributed by atoms with E-state index < -0.39 is 0 Å². The minimum absolute atomic E-state index is 0.699. The zero-order valence-electron chi connectivity index (χ0n) is 14.3. The Kier molecular flexibility index (Phi) is 5.32. The standard InChI is InChI=1S/C21H20N2O2/c1-24-18-13-14-20(25-2)19(15-18)22-23-21(16-9-5-3-6-10-16)17-11-7-4-8-12-17/h3-15,22H,1-2H3. The highest BCUT2D eigenvalue weighted by atomic mass is 16.5. The maximum Gasteiger partial charge on any atom is 0.144 e. The van der Waals surface area contributed by atoms with E-state index in [2.05, 4.69) is 10.5 Å². The van der Waals surface area contributed by atoms with Crippen molar-refractivity contribution in [2.75, 3.05) is 19.6 Å². The number of hydrogen-bond acceptors (Lipinski definition) is 4. The summed E-state index contributed by atoms with van der Waals surface area (Å²) in [6, 6.07) is 25.7. The second kappa shape index (κ2) is 8.02. The predicted molar refractivity (Wildman–Crippen MR) is 102 cm³/mol. The lowest BCUT2D eigenvalue weighted by molar-refractivity contribution is 0.404. The second-order valence-corrected chi connectivity index (χ2v) is 5.37. The molecule has 126 valence electrons. The predicted octanol–water partition coefficient (Wildman–Crippen LogP) is 4.57. The monoisotopic (exact) mass is 332 g/mol. The Balaban J connectivity index is 2.00. The van der Waals surface area contributed by atoms with Gasteiger partial charge >= 0.3 is 0 Å². The normalized spacial score (nSPS) is 10.0. The van der Waals surface area contributed by atoms with E-state index in [-0.39, 0.29) is 0 Å². The van der Waals surface area contributed by atoms with Crippen LogP contribution in [0.2, 0.25) is 0 Å². The Morgan fingerprint density at radius 2 is 1.36 bits per heavy atom. The maximum absolute atomic E-state index is 5.40. The molecule has 0 radical (unpaired) electrons. The summed E-state index contributed by atoms with van der Waals surface area (Å²) in [5, 5.41) is 4.65. The molecule has 4 heteroatoms. The van der Waals surface area contributed by atoms with Gasteiger partial charge in [-0.2, -0.15) is 5.10 Å². The average Bonchev–Trinajstić information content (AvgIpc) is 2.69. The fourth-order valence-electron chi connectivity index (χ4n) is 2.51. The highest BCUT2D eigenvalue weighted by molar-refractivity contribution is 6.13. The number of nitrogens with zero attached hydrogens (tertiary/aromatic N) is 1. The van der Waals surface area contributed by atoms with Gasteiger partial charge in [0.15, 0.2) is 0 Å². The lowest BCUT2D eigenvalue weighted by atomic mass is 10.0. The average molecular weight is 332 g/mol. The van der Waals surface area contributed by atoms with Crippen LogP contribution in [0.4, 0.5) is 5.69 Å². The number of anilines is 1. The van der Waals surface area contributed by atoms with Crippen LogP contribution in [0.3, 0.4) is 0 Å². The van der Waals surface area contributed by atoms with Gasteiger partial charge in [-0.05, 0) is 12.1 Å². The van der Waals surface area contributed by atoms with Crippen molar-refractivity contribution in [2.45, 2.75) is 0 Å². The van der Waals surface area contributed by atoms with Gasteiger partial charge in [0.1, 0.15) is 17.2 Å². The van der Waals surface area contributed by atoms with Crippen LogP contribution in [0.15, 0.2) is 84.0 Å². The van der Waals surface area contributed by atoms with Crippen molar-refractivity contribution in [3.63, 3.8) is 0 Å². The molecule has 3 aromatic rings. The van der Waals surface area contributed by atoms with E-state index in [1.54, 1.807) is 14.2 Å². The van der Waals surface area contributed by atoms with Crippen LogP contribution in [-0.4, -0.2) is 19.9 Å². The molecule has 0 aromatic heterocycles. The molecular formula is C21H20N2O2. The minimum atomic E-state index is 0.699. The molecule has 0 unspecified atom stereocenters. The summed E-state index contributed by atoms with van der Waals surface area (Å²) < 4.78 is 10.7. The fourth-order valence-corrected chi connectivity index (χ4v) is 2.51. The molecule has 0 aliphatic heterocycles. The first-order valence-corrected chi connectivity index (χ1v) is 7.98. The van der Waals surface area contributed by atoms with Crippen molar-refractivity contribution in [3.8, 4) is 11.5 Å². The lowest BCUT2D eigenvalue weighted by Gasteiger charge is -2.12. The molecule has 0 heterocycles. The van der Waals surface area contributed by atoms with Gasteiger partial charge in [0.05, 0.1) is 19.9 Å². The van der Waals surface area contributed by atoms with Crippen molar-refractivity contribution in [1.29, 1.82) is 0 Å². The highest BCUT2D eigenvalue weighted by Crippen LogP contribution is 2.29. The van der Waals surface area contributed by atoms with Gasteiger partial charge in [-0.15, -0.1) is 0 Å². The van der Waals surface area contributed by atoms with Crippen LogP contribution in [0.25, 0.3) is 0 Å². The van der Waals surface area contributed by atoms with Gasteiger partial charge in [0.2, 0.25) is 0 Å². The third-order valence-corrected chi connectivity index (χ3v) is 3.79. The van der Waals surface area contributed by atoms with E-state index in [0.29, 0.717) is 5.75 Å². The Hall–Kier alpha value is -3.27. The lowest BCUT2D eigenvalue weighted by Crippen LogP contribution is -2.07. The quantitative estimate of drug-likeness (QED) is 0.531. The zero-order chi connectivity index (χ0) is 17.5. The van der Waals surface area contributed by atoms with Crippen LogP contribution < -0.4 is 14.9 Å². The van der Waals surface area contributed by atoms with Gasteiger partial charge < -0.3 is 9.47 Å². The molecule has 0 aliphatic carbocycles. The van der Waals surface area contributed by atoms with E-state index in [4.69, 9.17) is 9.47 Å². The molecular weight excluding hydrogens is 312 g/mol. The molecule has 1 N–H and O–H groups in total. The number of rotatable bonds is 6. The Morgan fingerprint density at radius 3 is 1.88 bits per heavy atom. The summed E-state index contributed by atoms with van der Waals surface area (Å²) in [5.41, 5.74) is 6.77. The van der Waals surface area contributed by atoms with Crippen molar-refractivity contribution in [1.82, 2.24) is 0 Å². The highest BCUT2D eigenvalue weighted by Gasteiger charge is 2.08. The number of methoxy groups -OCH3 is 2. The molecule has 3 aromatic carbocycles. The molecule has 3 rings (SSSR count). The Labute approximate surface area is 147 Å². The van der Waals surface area contributed by atoms with Gasteiger partial charge in [-0.25, -0.2) is 0 Å². The van der Waals surface area contributed by atoms with E-state index >= 15 is 0 Å². The van der Waals surface area contributed by atoms with Gasteiger partial charge in [-0.3, -0.25) is 5.43 Å². The third kappa shape index (κ3) is 3.98. The van der Waals surface area contributed by atoms with Crippen LogP contribution >= 0.6 is 0 Å². The third-order valence-electron chi connectivity index (χ3n) is 3.79. The molecule has 0 aliphatic rings. The van der Waals surface area contributed by atoms with Gasteiger partial charge in [0.25, 0.3) is 0 Å². The molecule has 0 atom stereocenters. The van der Waals surface area contributed by atoms with Crippen LogP contribution in [0.5, 0.6) is 11.5 Å². The number of nitrogens with one attached hydrogen (secondary N) is 1. The minimum Gasteiger partial charge on any atom is -0.497 e. The van der Waals surface area contributed by atoms with Crippen LogP contribution in [-0.2, 0) is 0 Å². The maximum atomic E-state index is 5.40. The molecule has 0 spiro atoms. The summed E-state index contributed by atoms with van der Waals surface area (Å²) in [5.74, 6) is 1.43. The molecule has 0 fully saturated rings. The topological polar surface area (TPSA) is 42.9 Å². The Morgan fingerprint density at radius 1 is 0.760 bits per heavy atom. The first kappa shape index (κ1) is 16.6. The van der Waals surface area contributed by atoms with Crippen LogP contribution in [0.1, 0.15) is 11.1 Å². The van der Waals surface area contributed by atoms with Crippen molar-refractivity contribution < 1.29 is 9.47 Å². The molecule has 0 saturated heterocycles.